The second-order valence-electron chi connectivity index (χ2n) is 6.46. The molecular formula is C21H23NO3. The molecule has 130 valence electrons. The van der Waals surface area contributed by atoms with Gasteiger partial charge in [-0.2, -0.15) is 0 Å². The Hall–Kier alpha value is -2.75. The van der Waals surface area contributed by atoms with Gasteiger partial charge in [0.2, 0.25) is 5.91 Å². The van der Waals surface area contributed by atoms with Crippen molar-refractivity contribution >= 4 is 16.9 Å². The van der Waals surface area contributed by atoms with Crippen LogP contribution in [-0.2, 0) is 17.6 Å². The van der Waals surface area contributed by atoms with Crippen LogP contribution < -0.4 is 10.1 Å². The summed E-state index contributed by atoms with van der Waals surface area (Å²) < 4.78 is 10.8. The highest BCUT2D eigenvalue weighted by atomic mass is 16.5. The van der Waals surface area contributed by atoms with Gasteiger partial charge in [-0.25, -0.2) is 0 Å². The second kappa shape index (κ2) is 7.43. The predicted molar refractivity (Wildman–Crippen MR) is 99.0 cm³/mol. The summed E-state index contributed by atoms with van der Waals surface area (Å²) >= 11 is 0. The lowest BCUT2D eigenvalue weighted by molar-refractivity contribution is -0.121. The van der Waals surface area contributed by atoms with E-state index in [9.17, 15) is 4.79 Å². The van der Waals surface area contributed by atoms with E-state index in [0.29, 0.717) is 6.42 Å². The van der Waals surface area contributed by atoms with E-state index in [1.54, 1.807) is 13.4 Å². The molecule has 0 spiro atoms. The fraction of sp³-hybridized carbons (Fsp3) is 0.286. The maximum atomic E-state index is 12.4. The number of hydrogen-bond acceptors (Lipinski definition) is 3. The lowest BCUT2D eigenvalue weighted by Crippen LogP contribution is -2.35. The second-order valence-corrected chi connectivity index (χ2v) is 6.46. The van der Waals surface area contributed by atoms with Gasteiger partial charge in [-0.15, -0.1) is 0 Å². The fourth-order valence-electron chi connectivity index (χ4n) is 3.03. The minimum atomic E-state index is -0.00123. The normalized spacial score (nSPS) is 12.1. The minimum absolute atomic E-state index is 0.00123. The Kier molecular flexibility index (Phi) is 5.08. The van der Waals surface area contributed by atoms with Crippen LogP contribution in [0.25, 0.3) is 11.0 Å². The summed E-state index contributed by atoms with van der Waals surface area (Å²) in [5.74, 6) is 0.829. The molecule has 3 aromatic rings. The van der Waals surface area contributed by atoms with Crippen LogP contribution in [0.3, 0.4) is 0 Å². The third-order valence-corrected chi connectivity index (χ3v) is 4.25. The predicted octanol–water partition coefficient (Wildman–Crippen LogP) is 4.04. The van der Waals surface area contributed by atoms with Crippen LogP contribution in [0, 0.1) is 6.92 Å². The molecule has 0 radical (unpaired) electrons. The molecule has 0 fully saturated rings. The van der Waals surface area contributed by atoms with Gasteiger partial charge in [0.1, 0.15) is 11.3 Å². The molecule has 0 bridgehead atoms. The van der Waals surface area contributed by atoms with Crippen molar-refractivity contribution in [1.29, 1.82) is 0 Å². The molecule has 3 rings (SSSR count). The van der Waals surface area contributed by atoms with Crippen molar-refractivity contribution in [2.45, 2.75) is 32.7 Å². The van der Waals surface area contributed by atoms with Crippen LogP contribution in [0.1, 0.15) is 23.6 Å². The Morgan fingerprint density at radius 2 is 2.08 bits per heavy atom. The van der Waals surface area contributed by atoms with Crippen molar-refractivity contribution in [2.75, 3.05) is 7.11 Å². The molecule has 0 saturated heterocycles. The molecular weight excluding hydrogens is 314 g/mol. The summed E-state index contributed by atoms with van der Waals surface area (Å²) in [6.45, 7) is 4.03. The van der Waals surface area contributed by atoms with E-state index in [1.165, 1.54) is 0 Å². The lowest BCUT2D eigenvalue weighted by Gasteiger charge is -2.14. The number of benzene rings is 2. The number of nitrogens with one attached hydrogen (secondary N) is 1. The first-order valence-electron chi connectivity index (χ1n) is 8.44. The van der Waals surface area contributed by atoms with Crippen LogP contribution in [0.4, 0.5) is 0 Å². The van der Waals surface area contributed by atoms with Crippen LogP contribution in [0.15, 0.2) is 53.1 Å². The zero-order valence-electron chi connectivity index (χ0n) is 14.8. The van der Waals surface area contributed by atoms with Crippen LogP contribution >= 0.6 is 0 Å². The van der Waals surface area contributed by atoms with Crippen molar-refractivity contribution in [1.82, 2.24) is 5.32 Å². The maximum Gasteiger partial charge on any atom is 0.224 e. The van der Waals surface area contributed by atoms with E-state index < -0.39 is 0 Å². The topological polar surface area (TPSA) is 51.5 Å². The summed E-state index contributed by atoms with van der Waals surface area (Å²) in [6, 6.07) is 14.0. The number of rotatable bonds is 6. The number of methoxy groups -OCH3 is 1. The summed E-state index contributed by atoms with van der Waals surface area (Å²) in [5, 5.41) is 4.06. The molecule has 1 amide bonds. The molecule has 1 N–H and O–H groups in total. The fourth-order valence-corrected chi connectivity index (χ4v) is 3.03. The van der Waals surface area contributed by atoms with E-state index in [4.69, 9.17) is 9.15 Å². The molecule has 1 atom stereocenters. The quantitative estimate of drug-likeness (QED) is 0.738. The average molecular weight is 337 g/mol. The molecule has 4 heteroatoms. The lowest BCUT2D eigenvalue weighted by atomic mass is 10.1. The molecule has 0 aliphatic carbocycles. The first-order chi connectivity index (χ1) is 12.0. The smallest absolute Gasteiger partial charge is 0.224 e. The first kappa shape index (κ1) is 17.1. The van der Waals surface area contributed by atoms with E-state index in [0.717, 1.165) is 39.8 Å². The van der Waals surface area contributed by atoms with Gasteiger partial charge in [-0.3, -0.25) is 4.79 Å². The van der Waals surface area contributed by atoms with Gasteiger partial charge < -0.3 is 14.5 Å². The van der Waals surface area contributed by atoms with Crippen LogP contribution in [-0.4, -0.2) is 19.1 Å². The summed E-state index contributed by atoms with van der Waals surface area (Å²) in [5.41, 5.74) is 4.02. The number of furan rings is 1. The van der Waals surface area contributed by atoms with E-state index in [-0.39, 0.29) is 11.9 Å². The number of carbonyl (C=O) groups excluding carboxylic acids is 1. The Morgan fingerprint density at radius 1 is 1.24 bits per heavy atom. The number of ether oxygens (including phenoxy) is 1. The van der Waals surface area contributed by atoms with Gasteiger partial charge in [0.05, 0.1) is 19.8 Å². The standard InChI is InChI=1S/C21H23NO3/c1-14-7-8-19-17(13-25-20(19)9-14)12-21(23)22-15(2)10-16-5-4-6-18(11-16)24-3/h4-9,11,13,15H,10,12H2,1-3H3,(H,22,23). The number of carbonyl (C=O) groups is 1. The van der Waals surface area contributed by atoms with Gasteiger partial charge in [0, 0.05) is 17.0 Å². The summed E-state index contributed by atoms with van der Waals surface area (Å²) in [6.07, 6.45) is 2.75. The van der Waals surface area contributed by atoms with Gasteiger partial charge >= 0.3 is 0 Å². The van der Waals surface area contributed by atoms with Gasteiger partial charge in [-0.05, 0) is 49.6 Å². The molecule has 0 aliphatic heterocycles. The SMILES string of the molecule is COc1cccc(CC(C)NC(=O)Cc2coc3cc(C)ccc23)c1. The molecule has 2 aromatic carbocycles. The molecule has 0 saturated carbocycles. The van der Waals surface area contributed by atoms with Crippen molar-refractivity contribution < 1.29 is 13.9 Å². The van der Waals surface area contributed by atoms with Gasteiger partial charge in [-0.1, -0.05) is 24.3 Å². The van der Waals surface area contributed by atoms with Crippen molar-refractivity contribution in [3.63, 3.8) is 0 Å². The van der Waals surface area contributed by atoms with Gasteiger partial charge in [0.15, 0.2) is 0 Å². The van der Waals surface area contributed by atoms with Gasteiger partial charge in [0.25, 0.3) is 0 Å². The molecule has 4 nitrogen and oxygen atoms in total. The third-order valence-electron chi connectivity index (χ3n) is 4.25. The number of amides is 1. The van der Waals surface area contributed by atoms with E-state index in [1.807, 2.05) is 56.3 Å². The van der Waals surface area contributed by atoms with Crippen molar-refractivity contribution in [3.8, 4) is 5.75 Å². The highest BCUT2D eigenvalue weighted by molar-refractivity contribution is 5.88. The Labute approximate surface area is 147 Å². The average Bonchev–Trinajstić information content (AvgIpc) is 2.96. The zero-order valence-corrected chi connectivity index (χ0v) is 14.8. The van der Waals surface area contributed by atoms with Crippen LogP contribution in [0.2, 0.25) is 0 Å². The monoisotopic (exact) mass is 337 g/mol. The van der Waals surface area contributed by atoms with Crippen molar-refractivity contribution in [2.24, 2.45) is 0 Å². The Balaban J connectivity index is 1.61. The highest BCUT2D eigenvalue weighted by Gasteiger charge is 2.13. The van der Waals surface area contributed by atoms with Crippen molar-refractivity contribution in [3.05, 3.63) is 65.4 Å². The molecule has 1 heterocycles. The summed E-state index contributed by atoms with van der Waals surface area (Å²) in [7, 11) is 1.65. The summed E-state index contributed by atoms with van der Waals surface area (Å²) in [4.78, 5) is 12.4. The highest BCUT2D eigenvalue weighted by Crippen LogP contribution is 2.22. The van der Waals surface area contributed by atoms with Crippen LogP contribution in [0.5, 0.6) is 5.75 Å². The molecule has 0 aliphatic rings. The molecule has 1 unspecified atom stereocenters. The minimum Gasteiger partial charge on any atom is -0.497 e. The molecule has 1 aromatic heterocycles. The van der Waals surface area contributed by atoms with E-state index in [2.05, 4.69) is 5.32 Å². The number of hydrogen-bond donors (Lipinski definition) is 1. The Morgan fingerprint density at radius 3 is 2.88 bits per heavy atom. The maximum absolute atomic E-state index is 12.4. The Bertz CT molecular complexity index is 882. The zero-order chi connectivity index (χ0) is 17.8. The largest absolute Gasteiger partial charge is 0.497 e. The molecule has 25 heavy (non-hydrogen) atoms. The number of fused-ring (bicyclic) bond motifs is 1. The van der Waals surface area contributed by atoms with E-state index >= 15 is 0 Å². The number of aryl methyl sites for hydroxylation is 1. The first-order valence-corrected chi connectivity index (χ1v) is 8.44. The third kappa shape index (κ3) is 4.21.